The van der Waals surface area contributed by atoms with Crippen LogP contribution in [0.5, 0.6) is 0 Å². The third-order valence-electron chi connectivity index (χ3n) is 1.65. The average molecular weight is 1260 g/mol. The molecule has 0 fully saturated rings. The molecule has 0 aliphatic carbocycles. The Balaban J connectivity index is 0. The molecule has 0 bridgehead atoms. The van der Waals surface area contributed by atoms with E-state index >= 15 is 0 Å². The van der Waals surface area contributed by atoms with E-state index in [2.05, 4.69) is 174 Å². The zero-order valence-corrected chi connectivity index (χ0v) is 32.0. The maximum atomic E-state index is 10.9. The molecule has 0 spiro atoms. The van der Waals surface area contributed by atoms with Crippen molar-refractivity contribution < 1.29 is 14.4 Å². The monoisotopic (exact) mass is 1260 g/mol. The van der Waals surface area contributed by atoms with Crippen LogP contribution < -0.4 is 5.43 Å². The van der Waals surface area contributed by atoms with E-state index < -0.39 is 0 Å². The van der Waals surface area contributed by atoms with Gasteiger partial charge in [0.25, 0.3) is 0 Å². The van der Waals surface area contributed by atoms with Crippen molar-refractivity contribution in [1.29, 1.82) is 0 Å². The second-order valence-corrected chi connectivity index (χ2v) is 54.1. The van der Waals surface area contributed by atoms with E-state index in [0.717, 1.165) is 8.95 Å². The average Bonchev–Trinajstić information content (AvgIpc) is 2.51. The van der Waals surface area contributed by atoms with Gasteiger partial charge >= 0.3 is 114 Å². The number of H-pyrrole nitrogens is 1. The fraction of sp³-hybridized carbons (Fsp3) is 0. The van der Waals surface area contributed by atoms with E-state index in [9.17, 15) is 4.79 Å². The predicted molar refractivity (Wildman–Crippen MR) is 157 cm³/mol. The number of aromatic amines is 1. The van der Waals surface area contributed by atoms with Crippen LogP contribution in [0.3, 0.4) is 0 Å². The minimum absolute atomic E-state index is 0.0336. The molecule has 1 N–H and O–H groups in total. The van der Waals surface area contributed by atoms with Gasteiger partial charge in [0, 0.05) is 24.8 Å². The third kappa shape index (κ3) is 19.5. The van der Waals surface area contributed by atoms with Crippen LogP contribution in [0.25, 0.3) is 0 Å². The normalized spacial score (nSPS) is 8.92. The van der Waals surface area contributed by atoms with Crippen LogP contribution >= 0.6 is 175 Å². The van der Waals surface area contributed by atoms with Gasteiger partial charge in [0.1, 0.15) is 0 Å². The number of rotatable bonds is 0. The Bertz CT molecular complexity index is 640. The molecule has 2 rings (SSSR count). The maximum absolute atomic E-state index is 10.9. The second-order valence-electron chi connectivity index (χ2n) is 3.15. The summed E-state index contributed by atoms with van der Waals surface area (Å²) in [5.41, 5.74) is -0.0336. The molecule has 0 saturated heterocycles. The Kier molecular flexibility index (Phi) is 27.1. The summed E-state index contributed by atoms with van der Waals surface area (Å²) in [4.78, 5) is 17.2. The van der Waals surface area contributed by atoms with E-state index in [1.165, 1.54) is 0 Å². The van der Waals surface area contributed by atoms with Crippen molar-refractivity contribution in [3.05, 3.63) is 57.9 Å². The van der Waals surface area contributed by atoms with Crippen molar-refractivity contribution in [1.82, 2.24) is 9.97 Å². The Morgan fingerprint density at radius 1 is 0.960 bits per heavy atom. The molecular formula is C10H5Br4ClI5N2OV2. The first-order valence-electron chi connectivity index (χ1n) is 5.24. The van der Waals surface area contributed by atoms with Crippen LogP contribution in [0.2, 0.25) is 5.02 Å². The molecule has 2 heterocycles. The second kappa shape index (κ2) is 21.0. The Hall–Kier alpha value is 5.13. The number of hydrogen-bond acceptors (Lipinski definition) is 2. The number of nitrogens with one attached hydrogen (secondary N) is 1. The SMILES string of the molecule is Clc1c(Br)cncc1Br.O=c1c(Br)c[nH]cc1Br.[I][V]([I])[I].[I][V][I]. The van der Waals surface area contributed by atoms with Gasteiger partial charge in [-0.1, -0.05) is 11.6 Å². The zero-order valence-electron chi connectivity index (χ0n) is 11.3. The van der Waals surface area contributed by atoms with Gasteiger partial charge in [0.2, 0.25) is 5.43 Å². The van der Waals surface area contributed by atoms with E-state index in [-0.39, 0.29) is 10.3 Å². The molecule has 0 saturated carbocycles. The van der Waals surface area contributed by atoms with Crippen molar-refractivity contribution in [3.8, 4) is 0 Å². The molecule has 25 heavy (non-hydrogen) atoms. The van der Waals surface area contributed by atoms with Crippen molar-refractivity contribution in [2.45, 2.75) is 0 Å². The van der Waals surface area contributed by atoms with Crippen LogP contribution in [0.4, 0.5) is 0 Å². The molecule has 2 aromatic heterocycles. The molecule has 0 atom stereocenters. The topological polar surface area (TPSA) is 45.8 Å². The quantitative estimate of drug-likeness (QED) is 0.268. The van der Waals surface area contributed by atoms with Crippen LogP contribution in [0.15, 0.2) is 47.5 Å². The molecule has 141 valence electrons. The van der Waals surface area contributed by atoms with Crippen molar-refractivity contribution in [3.63, 3.8) is 0 Å². The molecule has 0 unspecified atom stereocenters. The number of pyridine rings is 2. The van der Waals surface area contributed by atoms with Gasteiger partial charge in [-0.25, -0.2) is 0 Å². The summed E-state index contributed by atoms with van der Waals surface area (Å²) >= 11 is 30.5. The number of halogens is 10. The standard InChI is InChI=1S/C5H2Br2ClN.C5H3Br2NO.5HI.2V/c6-3-1-9-2-4(7)5(3)8;6-3-1-8-2-4(7)5(3)9;;;;;;;/h1-2H;1-2H,(H,8,9);5*1H;;/q;;;;;;;+2;+3/p-5. The fourth-order valence-corrected chi connectivity index (χ4v) is 2.81. The van der Waals surface area contributed by atoms with Gasteiger partial charge in [0.05, 0.1) is 22.9 Å². The number of aromatic nitrogens is 2. The molecular weight excluding hydrogens is 1260 g/mol. The first-order chi connectivity index (χ1) is 11.6. The molecule has 0 radical (unpaired) electrons. The Labute approximate surface area is 251 Å². The third-order valence-corrected chi connectivity index (χ3v) is 4.89. The zero-order chi connectivity index (χ0) is 20.0. The van der Waals surface area contributed by atoms with Crippen molar-refractivity contribution in [2.24, 2.45) is 0 Å². The summed E-state index contributed by atoms with van der Waals surface area (Å²) < 4.78 is 2.69. The van der Waals surface area contributed by atoms with Gasteiger partial charge in [0.15, 0.2) is 0 Å². The first kappa shape index (κ1) is 32.3. The molecule has 0 aliphatic rings. The molecule has 0 aliphatic heterocycles. The molecule has 15 heteroatoms. The summed E-state index contributed by atoms with van der Waals surface area (Å²) in [7, 11) is 0.628. The van der Waals surface area contributed by atoms with Gasteiger partial charge in [-0.05, 0) is 63.7 Å². The molecule has 0 amide bonds. The van der Waals surface area contributed by atoms with Crippen molar-refractivity contribution >= 4 is 175 Å². The summed E-state index contributed by atoms with van der Waals surface area (Å²) in [6.45, 7) is 0. The Morgan fingerprint density at radius 2 is 1.28 bits per heavy atom. The predicted octanol–water partition coefficient (Wildman–Crippen LogP) is 9.58. The van der Waals surface area contributed by atoms with Crippen LogP contribution in [0.1, 0.15) is 0 Å². The van der Waals surface area contributed by atoms with Gasteiger partial charge in [-0.2, -0.15) is 0 Å². The van der Waals surface area contributed by atoms with Gasteiger partial charge < -0.3 is 4.98 Å². The van der Waals surface area contributed by atoms with Crippen LogP contribution in [-0.4, -0.2) is 9.97 Å². The van der Waals surface area contributed by atoms with E-state index in [1.54, 1.807) is 24.8 Å². The molecule has 2 aromatic rings. The van der Waals surface area contributed by atoms with Gasteiger partial charge in [-0.15, -0.1) is 0 Å². The van der Waals surface area contributed by atoms with E-state index in [1.807, 2.05) is 0 Å². The van der Waals surface area contributed by atoms with Crippen molar-refractivity contribution in [2.75, 3.05) is 0 Å². The van der Waals surface area contributed by atoms with Crippen LogP contribution in [-0.2, 0) is 14.4 Å². The summed E-state index contributed by atoms with van der Waals surface area (Å²) in [6, 6.07) is 0. The minimum atomic E-state index is -0.278. The summed E-state index contributed by atoms with van der Waals surface area (Å²) in [5.74, 6) is 0. The van der Waals surface area contributed by atoms with Gasteiger partial charge in [-0.3, -0.25) is 9.78 Å². The summed E-state index contributed by atoms with van der Waals surface area (Å²) in [6.07, 6.45) is 6.47. The van der Waals surface area contributed by atoms with E-state index in [4.69, 9.17) is 11.6 Å². The Morgan fingerprint density at radius 3 is 1.52 bits per heavy atom. The molecule has 0 aromatic carbocycles. The number of nitrogens with zero attached hydrogens (tertiary/aromatic N) is 1. The number of hydrogen-bond donors (Lipinski definition) is 1. The summed E-state index contributed by atoms with van der Waals surface area (Å²) in [5, 5.41) is 0.657. The van der Waals surface area contributed by atoms with Crippen LogP contribution in [0, 0.1) is 0 Å². The fourth-order valence-electron chi connectivity index (χ4n) is 0.829. The molecule has 3 nitrogen and oxygen atoms in total. The first-order valence-corrected chi connectivity index (χ1v) is 31.3. The van der Waals surface area contributed by atoms with E-state index in [0.29, 0.717) is 23.4 Å².